The van der Waals surface area contributed by atoms with E-state index in [-0.39, 0.29) is 5.69 Å². The second kappa shape index (κ2) is 7.44. The molecule has 0 amide bonds. The van der Waals surface area contributed by atoms with E-state index in [2.05, 4.69) is 9.84 Å². The first-order chi connectivity index (χ1) is 12.2. The van der Waals surface area contributed by atoms with Crippen LogP contribution in [0.4, 0.5) is 0 Å². The maximum absolute atomic E-state index is 12.4. The third-order valence-electron chi connectivity index (χ3n) is 3.54. The van der Waals surface area contributed by atoms with E-state index in [1.807, 2.05) is 60.7 Å². The molecule has 0 bridgehead atoms. The molecule has 0 spiro atoms. The summed E-state index contributed by atoms with van der Waals surface area (Å²) >= 11 is 0. The maximum atomic E-state index is 12.4. The molecule has 0 fully saturated rings. The molecular weight excluding hydrogens is 320 g/mol. The van der Waals surface area contributed by atoms with Gasteiger partial charge in [0.2, 0.25) is 0 Å². The second-order valence-electron chi connectivity index (χ2n) is 5.18. The Balaban J connectivity index is 1.99. The lowest BCUT2D eigenvalue weighted by molar-refractivity contribution is -0.144. The molecule has 0 saturated heterocycles. The van der Waals surface area contributed by atoms with E-state index in [0.29, 0.717) is 5.69 Å². The van der Waals surface area contributed by atoms with Crippen LogP contribution in [0, 0.1) is 0 Å². The van der Waals surface area contributed by atoms with Gasteiger partial charge in [0.1, 0.15) is 0 Å². The van der Waals surface area contributed by atoms with Gasteiger partial charge in [-0.3, -0.25) is 0 Å². The molecule has 25 heavy (non-hydrogen) atoms. The number of carbonyl (C=O) groups excluding carboxylic acids is 2. The van der Waals surface area contributed by atoms with Gasteiger partial charge >= 0.3 is 11.9 Å². The Bertz CT molecular complexity index is 873. The Hall–Kier alpha value is -3.41. The molecule has 6 nitrogen and oxygen atoms in total. The van der Waals surface area contributed by atoms with E-state index in [0.717, 1.165) is 11.3 Å². The predicted molar refractivity (Wildman–Crippen MR) is 91.3 cm³/mol. The number of methoxy groups -OCH3 is 1. The lowest BCUT2D eigenvalue weighted by Gasteiger charge is -2.07. The summed E-state index contributed by atoms with van der Waals surface area (Å²) in [7, 11) is 1.23. The number of carbonyl (C=O) groups is 2. The highest BCUT2D eigenvalue weighted by atomic mass is 16.6. The number of para-hydroxylation sites is 1. The standard InChI is InChI=1S/C19H16N2O4/c1-24-18(22)13-25-19(23)17-12-16(14-8-4-2-5-9-14)20-21(17)15-10-6-3-7-11-15/h2-12H,13H2,1H3. The fraction of sp³-hybridized carbons (Fsp3) is 0.105. The summed E-state index contributed by atoms with van der Waals surface area (Å²) in [5, 5.41) is 4.52. The third-order valence-corrected chi connectivity index (χ3v) is 3.54. The molecule has 0 aliphatic heterocycles. The molecule has 0 saturated carbocycles. The van der Waals surface area contributed by atoms with E-state index < -0.39 is 18.5 Å². The molecule has 3 rings (SSSR count). The smallest absolute Gasteiger partial charge is 0.357 e. The Morgan fingerprint density at radius 3 is 2.28 bits per heavy atom. The van der Waals surface area contributed by atoms with Gasteiger partial charge < -0.3 is 9.47 Å². The SMILES string of the molecule is COC(=O)COC(=O)c1cc(-c2ccccc2)nn1-c1ccccc1. The average molecular weight is 336 g/mol. The topological polar surface area (TPSA) is 70.4 Å². The molecule has 0 aliphatic rings. The molecule has 126 valence electrons. The minimum Gasteiger partial charge on any atom is -0.466 e. The summed E-state index contributed by atoms with van der Waals surface area (Å²) < 4.78 is 11.0. The monoisotopic (exact) mass is 336 g/mol. The minimum atomic E-state index is -0.649. The van der Waals surface area contributed by atoms with Crippen molar-refractivity contribution in [3.8, 4) is 16.9 Å². The highest BCUT2D eigenvalue weighted by molar-refractivity contribution is 5.91. The van der Waals surface area contributed by atoms with Crippen molar-refractivity contribution in [1.29, 1.82) is 0 Å². The Labute approximate surface area is 144 Å². The zero-order valence-corrected chi connectivity index (χ0v) is 13.6. The molecule has 0 radical (unpaired) electrons. The predicted octanol–water partition coefficient (Wildman–Crippen LogP) is 2.87. The van der Waals surface area contributed by atoms with Crippen LogP contribution >= 0.6 is 0 Å². The molecule has 2 aromatic carbocycles. The van der Waals surface area contributed by atoms with Crippen LogP contribution < -0.4 is 0 Å². The van der Waals surface area contributed by atoms with Crippen molar-refractivity contribution >= 4 is 11.9 Å². The molecule has 0 N–H and O–H groups in total. The number of rotatable bonds is 5. The van der Waals surface area contributed by atoms with E-state index in [4.69, 9.17) is 4.74 Å². The zero-order chi connectivity index (χ0) is 17.6. The summed E-state index contributed by atoms with van der Waals surface area (Å²) in [4.78, 5) is 23.6. The van der Waals surface area contributed by atoms with Crippen molar-refractivity contribution in [2.75, 3.05) is 13.7 Å². The van der Waals surface area contributed by atoms with Crippen molar-refractivity contribution in [1.82, 2.24) is 9.78 Å². The minimum absolute atomic E-state index is 0.231. The fourth-order valence-corrected chi connectivity index (χ4v) is 2.30. The molecule has 0 unspecified atom stereocenters. The molecule has 0 atom stereocenters. The first kappa shape index (κ1) is 16.4. The number of benzene rings is 2. The number of hydrogen-bond donors (Lipinski definition) is 0. The van der Waals surface area contributed by atoms with E-state index in [1.54, 1.807) is 6.07 Å². The lowest BCUT2D eigenvalue weighted by Crippen LogP contribution is -2.17. The largest absolute Gasteiger partial charge is 0.466 e. The van der Waals surface area contributed by atoms with Gasteiger partial charge in [-0.15, -0.1) is 0 Å². The third kappa shape index (κ3) is 3.74. The number of ether oxygens (including phenoxy) is 2. The van der Waals surface area contributed by atoms with Crippen LogP contribution in [0.2, 0.25) is 0 Å². The summed E-state index contributed by atoms with van der Waals surface area (Å²) in [5.41, 5.74) is 2.46. The van der Waals surface area contributed by atoms with Crippen molar-refractivity contribution in [2.24, 2.45) is 0 Å². The van der Waals surface area contributed by atoms with E-state index in [9.17, 15) is 9.59 Å². The number of esters is 2. The normalized spacial score (nSPS) is 10.3. The number of nitrogens with zero attached hydrogens (tertiary/aromatic N) is 2. The fourth-order valence-electron chi connectivity index (χ4n) is 2.30. The summed E-state index contributed by atoms with van der Waals surface area (Å²) in [6.45, 7) is -0.448. The molecule has 1 aromatic heterocycles. The van der Waals surface area contributed by atoms with Gasteiger partial charge in [-0.25, -0.2) is 14.3 Å². The van der Waals surface area contributed by atoms with Crippen molar-refractivity contribution in [3.05, 3.63) is 72.4 Å². The van der Waals surface area contributed by atoms with Gasteiger partial charge in [0.05, 0.1) is 18.5 Å². The van der Waals surface area contributed by atoms with Crippen molar-refractivity contribution in [2.45, 2.75) is 0 Å². The van der Waals surface area contributed by atoms with Crippen LogP contribution in [0.3, 0.4) is 0 Å². The van der Waals surface area contributed by atoms with Gasteiger partial charge in [-0.1, -0.05) is 48.5 Å². The van der Waals surface area contributed by atoms with Crippen LogP contribution in [-0.4, -0.2) is 35.4 Å². The first-order valence-electron chi connectivity index (χ1n) is 7.64. The number of hydrogen-bond acceptors (Lipinski definition) is 5. The van der Waals surface area contributed by atoms with Gasteiger partial charge in [0, 0.05) is 5.56 Å². The first-order valence-corrected chi connectivity index (χ1v) is 7.64. The zero-order valence-electron chi connectivity index (χ0n) is 13.6. The molecule has 0 aliphatic carbocycles. The quantitative estimate of drug-likeness (QED) is 0.670. The second-order valence-corrected chi connectivity index (χ2v) is 5.18. The Morgan fingerprint density at radius 1 is 1.00 bits per heavy atom. The molecule has 3 aromatic rings. The highest BCUT2D eigenvalue weighted by Gasteiger charge is 2.19. The van der Waals surface area contributed by atoms with Crippen molar-refractivity contribution < 1.29 is 19.1 Å². The number of aromatic nitrogens is 2. The van der Waals surface area contributed by atoms with Crippen LogP contribution in [0.15, 0.2) is 66.7 Å². The Morgan fingerprint density at radius 2 is 1.64 bits per heavy atom. The van der Waals surface area contributed by atoms with E-state index in [1.165, 1.54) is 11.8 Å². The van der Waals surface area contributed by atoms with E-state index >= 15 is 0 Å². The Kier molecular flexibility index (Phi) is 4.89. The summed E-state index contributed by atoms with van der Waals surface area (Å²) in [6, 6.07) is 20.4. The van der Waals surface area contributed by atoms with Crippen LogP contribution in [0.25, 0.3) is 16.9 Å². The van der Waals surface area contributed by atoms with Crippen LogP contribution in [0.1, 0.15) is 10.5 Å². The average Bonchev–Trinajstić information content (AvgIpc) is 3.12. The highest BCUT2D eigenvalue weighted by Crippen LogP contribution is 2.22. The lowest BCUT2D eigenvalue weighted by atomic mass is 10.1. The molecular formula is C19H16N2O4. The van der Waals surface area contributed by atoms with Crippen molar-refractivity contribution in [3.63, 3.8) is 0 Å². The summed E-state index contributed by atoms with van der Waals surface area (Å²) in [6.07, 6.45) is 0. The molecule has 1 heterocycles. The maximum Gasteiger partial charge on any atom is 0.357 e. The van der Waals surface area contributed by atoms with Gasteiger partial charge in [-0.05, 0) is 18.2 Å². The summed E-state index contributed by atoms with van der Waals surface area (Å²) in [5.74, 6) is -1.27. The molecule has 6 heteroatoms. The van der Waals surface area contributed by atoms with Crippen LogP contribution in [-0.2, 0) is 14.3 Å². The van der Waals surface area contributed by atoms with Gasteiger partial charge in [0.25, 0.3) is 0 Å². The van der Waals surface area contributed by atoms with Crippen LogP contribution in [0.5, 0.6) is 0 Å². The van der Waals surface area contributed by atoms with Gasteiger partial charge in [-0.2, -0.15) is 5.10 Å². The van der Waals surface area contributed by atoms with Gasteiger partial charge in [0.15, 0.2) is 12.3 Å².